The molecule has 118 valence electrons. The molecule has 1 aliphatic heterocycles. The van der Waals surface area contributed by atoms with Crippen LogP contribution in [-0.4, -0.2) is 32.8 Å². The van der Waals surface area contributed by atoms with Crippen LogP contribution in [0.3, 0.4) is 0 Å². The summed E-state index contributed by atoms with van der Waals surface area (Å²) in [5.41, 5.74) is 1.17. The molecular weight excluding hydrogens is 264 g/mol. The highest BCUT2D eigenvalue weighted by Gasteiger charge is 2.15. The molecule has 0 aromatic heterocycles. The van der Waals surface area contributed by atoms with Gasteiger partial charge in [0.15, 0.2) is 0 Å². The summed E-state index contributed by atoms with van der Waals surface area (Å²) in [6.45, 7) is 4.25. The van der Waals surface area contributed by atoms with Crippen LogP contribution in [0.4, 0.5) is 0 Å². The Kier molecular flexibility index (Phi) is 6.33. The summed E-state index contributed by atoms with van der Waals surface area (Å²) in [4.78, 5) is 0. The Balaban J connectivity index is 1.83. The molecule has 0 saturated carbocycles. The molecule has 0 radical (unpaired) electrons. The van der Waals surface area contributed by atoms with Crippen LogP contribution < -0.4 is 20.1 Å². The van der Waals surface area contributed by atoms with Crippen LogP contribution in [0.15, 0.2) is 18.2 Å². The van der Waals surface area contributed by atoms with Crippen molar-refractivity contribution in [2.45, 2.75) is 51.2 Å². The molecule has 0 amide bonds. The van der Waals surface area contributed by atoms with Gasteiger partial charge in [-0.2, -0.15) is 0 Å². The second kappa shape index (κ2) is 8.25. The highest BCUT2D eigenvalue weighted by atomic mass is 16.5. The molecule has 1 heterocycles. The summed E-state index contributed by atoms with van der Waals surface area (Å²) >= 11 is 0. The van der Waals surface area contributed by atoms with Crippen molar-refractivity contribution in [3.05, 3.63) is 23.8 Å². The monoisotopic (exact) mass is 292 g/mol. The van der Waals surface area contributed by atoms with Crippen LogP contribution >= 0.6 is 0 Å². The Morgan fingerprint density at radius 2 is 2.14 bits per heavy atom. The fourth-order valence-electron chi connectivity index (χ4n) is 2.92. The summed E-state index contributed by atoms with van der Waals surface area (Å²) in [6.07, 6.45) is 5.16. The van der Waals surface area contributed by atoms with Crippen molar-refractivity contribution < 1.29 is 9.47 Å². The van der Waals surface area contributed by atoms with Crippen LogP contribution in [0, 0.1) is 0 Å². The highest BCUT2D eigenvalue weighted by Crippen LogP contribution is 2.24. The largest absolute Gasteiger partial charge is 0.497 e. The Bertz CT molecular complexity index is 431. The molecule has 0 bridgehead atoms. The van der Waals surface area contributed by atoms with E-state index in [9.17, 15) is 0 Å². The first-order valence-corrected chi connectivity index (χ1v) is 7.90. The maximum atomic E-state index is 5.44. The second-order valence-corrected chi connectivity index (χ2v) is 5.84. The summed E-state index contributed by atoms with van der Waals surface area (Å²) in [7, 11) is 3.37. The molecule has 0 spiro atoms. The minimum Gasteiger partial charge on any atom is -0.497 e. The average Bonchev–Trinajstić information content (AvgIpc) is 2.53. The Hall–Kier alpha value is -1.26. The Morgan fingerprint density at radius 3 is 2.81 bits per heavy atom. The number of ether oxygens (including phenoxy) is 2. The molecule has 4 nitrogen and oxygen atoms in total. The third-order valence-electron chi connectivity index (χ3n) is 4.19. The molecule has 1 fully saturated rings. The van der Waals surface area contributed by atoms with E-state index < -0.39 is 0 Å². The van der Waals surface area contributed by atoms with Crippen molar-refractivity contribution in [2.24, 2.45) is 0 Å². The van der Waals surface area contributed by atoms with Gasteiger partial charge < -0.3 is 20.1 Å². The van der Waals surface area contributed by atoms with Gasteiger partial charge in [0.25, 0.3) is 0 Å². The first-order chi connectivity index (χ1) is 10.2. The lowest BCUT2D eigenvalue weighted by Gasteiger charge is -2.26. The summed E-state index contributed by atoms with van der Waals surface area (Å²) in [5.74, 6) is 1.71. The van der Waals surface area contributed by atoms with Crippen LogP contribution in [0.25, 0.3) is 0 Å². The number of methoxy groups -OCH3 is 2. The highest BCUT2D eigenvalue weighted by molar-refractivity contribution is 5.40. The first-order valence-electron chi connectivity index (χ1n) is 7.90. The van der Waals surface area contributed by atoms with Crippen LogP contribution in [-0.2, 0) is 6.54 Å². The van der Waals surface area contributed by atoms with Gasteiger partial charge in [-0.05, 0) is 38.8 Å². The van der Waals surface area contributed by atoms with E-state index in [4.69, 9.17) is 9.47 Å². The van der Waals surface area contributed by atoms with Crippen molar-refractivity contribution >= 4 is 0 Å². The molecule has 1 aromatic rings. The smallest absolute Gasteiger partial charge is 0.127 e. The van der Waals surface area contributed by atoms with Gasteiger partial charge in [-0.1, -0.05) is 12.5 Å². The lowest BCUT2D eigenvalue weighted by Crippen LogP contribution is -2.39. The van der Waals surface area contributed by atoms with E-state index in [1.165, 1.54) is 37.8 Å². The quantitative estimate of drug-likeness (QED) is 0.811. The fourth-order valence-corrected chi connectivity index (χ4v) is 2.92. The Morgan fingerprint density at radius 1 is 1.29 bits per heavy atom. The molecule has 0 aliphatic carbocycles. The third-order valence-corrected chi connectivity index (χ3v) is 4.19. The van der Waals surface area contributed by atoms with Crippen LogP contribution in [0.1, 0.15) is 38.2 Å². The third kappa shape index (κ3) is 4.90. The molecule has 2 atom stereocenters. The SMILES string of the molecule is COc1ccc(CNC(C)CC2CCCCN2)c(OC)c1. The van der Waals surface area contributed by atoms with Gasteiger partial charge in [-0.25, -0.2) is 0 Å². The van der Waals surface area contributed by atoms with E-state index in [-0.39, 0.29) is 0 Å². The molecule has 2 unspecified atom stereocenters. The minimum atomic E-state index is 0.493. The van der Waals surface area contributed by atoms with Crippen molar-refractivity contribution in [1.29, 1.82) is 0 Å². The normalized spacial score (nSPS) is 20.0. The number of piperidine rings is 1. The maximum Gasteiger partial charge on any atom is 0.127 e. The van der Waals surface area contributed by atoms with E-state index in [1.807, 2.05) is 12.1 Å². The fraction of sp³-hybridized carbons (Fsp3) is 0.647. The molecular formula is C17H28N2O2. The zero-order valence-electron chi connectivity index (χ0n) is 13.4. The van der Waals surface area contributed by atoms with Crippen LogP contribution in [0.5, 0.6) is 11.5 Å². The number of benzene rings is 1. The zero-order chi connectivity index (χ0) is 15.1. The van der Waals surface area contributed by atoms with E-state index in [1.54, 1.807) is 14.2 Å². The zero-order valence-corrected chi connectivity index (χ0v) is 13.4. The van der Waals surface area contributed by atoms with Gasteiger partial charge in [-0.15, -0.1) is 0 Å². The predicted octanol–water partition coefficient (Wildman–Crippen LogP) is 2.71. The van der Waals surface area contributed by atoms with Gasteiger partial charge >= 0.3 is 0 Å². The van der Waals surface area contributed by atoms with Gasteiger partial charge in [0.05, 0.1) is 14.2 Å². The number of hydrogen-bond acceptors (Lipinski definition) is 4. The van der Waals surface area contributed by atoms with E-state index in [2.05, 4.69) is 23.6 Å². The van der Waals surface area contributed by atoms with Crippen molar-refractivity contribution in [3.63, 3.8) is 0 Å². The summed E-state index contributed by atoms with van der Waals surface area (Å²) < 4.78 is 10.7. The number of hydrogen-bond donors (Lipinski definition) is 2. The van der Waals surface area contributed by atoms with Gasteiger partial charge in [-0.3, -0.25) is 0 Å². The standard InChI is InChI=1S/C17H28N2O2/c1-13(10-15-6-4-5-9-18-15)19-12-14-7-8-16(20-2)11-17(14)21-3/h7-8,11,13,15,18-19H,4-6,9-10,12H2,1-3H3. The summed E-state index contributed by atoms with van der Waals surface area (Å²) in [6, 6.07) is 7.14. The Labute approximate surface area is 128 Å². The lowest BCUT2D eigenvalue weighted by atomic mass is 9.98. The number of rotatable bonds is 7. The molecule has 1 aliphatic rings. The van der Waals surface area contributed by atoms with Gasteiger partial charge in [0.1, 0.15) is 11.5 Å². The van der Waals surface area contributed by atoms with Gasteiger partial charge in [0, 0.05) is 30.3 Å². The minimum absolute atomic E-state index is 0.493. The average molecular weight is 292 g/mol. The first kappa shape index (κ1) is 16.1. The van der Waals surface area contributed by atoms with E-state index in [0.717, 1.165) is 18.0 Å². The van der Waals surface area contributed by atoms with Crippen molar-refractivity contribution in [1.82, 2.24) is 10.6 Å². The van der Waals surface area contributed by atoms with Crippen LogP contribution in [0.2, 0.25) is 0 Å². The van der Waals surface area contributed by atoms with E-state index in [0.29, 0.717) is 12.1 Å². The number of nitrogens with one attached hydrogen (secondary N) is 2. The predicted molar refractivity (Wildman–Crippen MR) is 86.1 cm³/mol. The van der Waals surface area contributed by atoms with E-state index >= 15 is 0 Å². The van der Waals surface area contributed by atoms with Crippen molar-refractivity contribution in [2.75, 3.05) is 20.8 Å². The summed E-state index contributed by atoms with van der Waals surface area (Å²) in [5, 5.41) is 7.20. The molecule has 1 aromatic carbocycles. The lowest BCUT2D eigenvalue weighted by molar-refractivity contribution is 0.342. The molecule has 2 N–H and O–H groups in total. The molecule has 21 heavy (non-hydrogen) atoms. The topological polar surface area (TPSA) is 42.5 Å². The second-order valence-electron chi connectivity index (χ2n) is 5.84. The van der Waals surface area contributed by atoms with Gasteiger partial charge in [0.2, 0.25) is 0 Å². The van der Waals surface area contributed by atoms with Crippen molar-refractivity contribution in [3.8, 4) is 11.5 Å². The molecule has 2 rings (SSSR count). The molecule has 4 heteroatoms. The molecule has 1 saturated heterocycles. The maximum absolute atomic E-state index is 5.44.